The fraction of sp³-hybridized carbons (Fsp3) is 0.500. The largest absolute Gasteiger partial charge is 0.389 e. The highest BCUT2D eigenvalue weighted by Gasteiger charge is 2.28. The Hall–Kier alpha value is -3.73. The van der Waals surface area contributed by atoms with Crippen molar-refractivity contribution >= 4 is 28.8 Å². The first-order valence-corrected chi connectivity index (χ1v) is 12.7. The van der Waals surface area contributed by atoms with Gasteiger partial charge in [0, 0.05) is 19.0 Å². The fourth-order valence-corrected chi connectivity index (χ4v) is 3.77. The molecular formula is C26H35N9O2. The van der Waals surface area contributed by atoms with Crippen LogP contribution in [0.25, 0.3) is 0 Å². The van der Waals surface area contributed by atoms with E-state index in [0.29, 0.717) is 53.2 Å². The van der Waals surface area contributed by atoms with Gasteiger partial charge >= 0.3 is 0 Å². The number of amides is 1. The number of hydrogen-bond donors (Lipinski definition) is 3. The number of aromatic nitrogens is 6. The summed E-state index contributed by atoms with van der Waals surface area (Å²) in [7, 11) is 0. The molecule has 11 nitrogen and oxygen atoms in total. The number of carbonyl (C=O) groups is 1. The summed E-state index contributed by atoms with van der Waals surface area (Å²) in [5.74, 6) is 0.887. The number of hydrogen-bond acceptors (Lipinski definition) is 9. The summed E-state index contributed by atoms with van der Waals surface area (Å²) >= 11 is 0. The molecule has 196 valence electrons. The summed E-state index contributed by atoms with van der Waals surface area (Å²) in [6.45, 7) is 10.1. The van der Waals surface area contributed by atoms with Gasteiger partial charge in [-0.2, -0.15) is 5.10 Å². The molecule has 0 spiro atoms. The van der Waals surface area contributed by atoms with Crippen LogP contribution in [0.3, 0.4) is 0 Å². The van der Waals surface area contributed by atoms with E-state index < -0.39 is 5.60 Å². The molecule has 1 aliphatic carbocycles. The smallest absolute Gasteiger partial charge is 0.271 e. The van der Waals surface area contributed by atoms with Crippen LogP contribution in [0.5, 0.6) is 0 Å². The molecule has 0 bridgehead atoms. The predicted molar refractivity (Wildman–Crippen MR) is 142 cm³/mol. The molecule has 1 saturated carbocycles. The van der Waals surface area contributed by atoms with Gasteiger partial charge in [-0.05, 0) is 39.0 Å². The second-order valence-electron chi connectivity index (χ2n) is 10.4. The number of aliphatic hydroxyl groups is 1. The van der Waals surface area contributed by atoms with Crippen molar-refractivity contribution in [1.29, 1.82) is 0 Å². The Bertz CT molecular complexity index is 1260. The molecule has 1 fully saturated rings. The van der Waals surface area contributed by atoms with Crippen molar-refractivity contribution in [3.8, 4) is 0 Å². The third-order valence-corrected chi connectivity index (χ3v) is 5.73. The molecule has 0 aliphatic heterocycles. The van der Waals surface area contributed by atoms with E-state index >= 15 is 0 Å². The van der Waals surface area contributed by atoms with Gasteiger partial charge in [-0.1, -0.05) is 20.8 Å². The SMILES string of the molecule is CCC(=Nc1cnn(CC(C)C)c1C(=O)NCC(C)(C)O)c1nc(C2CC2)cnc1Nc1cncnc1. The molecule has 1 amide bonds. The lowest BCUT2D eigenvalue weighted by molar-refractivity contribution is 0.0689. The first kappa shape index (κ1) is 26.3. The van der Waals surface area contributed by atoms with Crippen LogP contribution < -0.4 is 10.6 Å². The number of rotatable bonds is 11. The highest BCUT2D eigenvalue weighted by Crippen LogP contribution is 2.39. The second kappa shape index (κ2) is 11.1. The molecule has 0 unspecified atom stereocenters. The zero-order valence-electron chi connectivity index (χ0n) is 22.1. The van der Waals surface area contributed by atoms with Gasteiger partial charge in [0.1, 0.15) is 17.7 Å². The average Bonchev–Trinajstić information content (AvgIpc) is 3.63. The van der Waals surface area contributed by atoms with Crippen molar-refractivity contribution in [1.82, 2.24) is 35.0 Å². The summed E-state index contributed by atoms with van der Waals surface area (Å²) in [5, 5.41) is 20.6. The molecule has 0 atom stereocenters. The van der Waals surface area contributed by atoms with Gasteiger partial charge in [0.25, 0.3) is 5.91 Å². The van der Waals surface area contributed by atoms with Crippen LogP contribution >= 0.6 is 0 Å². The Labute approximate surface area is 216 Å². The second-order valence-corrected chi connectivity index (χ2v) is 10.4. The predicted octanol–water partition coefficient (Wildman–Crippen LogP) is 3.77. The minimum atomic E-state index is -1.04. The highest BCUT2D eigenvalue weighted by molar-refractivity contribution is 6.06. The topological polar surface area (TPSA) is 143 Å². The van der Waals surface area contributed by atoms with Crippen molar-refractivity contribution in [2.45, 2.75) is 71.9 Å². The zero-order chi connectivity index (χ0) is 26.6. The summed E-state index contributed by atoms with van der Waals surface area (Å²) < 4.78 is 1.67. The first-order chi connectivity index (χ1) is 17.6. The Morgan fingerprint density at radius 3 is 2.57 bits per heavy atom. The van der Waals surface area contributed by atoms with Crippen molar-refractivity contribution in [2.24, 2.45) is 10.9 Å². The van der Waals surface area contributed by atoms with Crippen LogP contribution in [0.15, 0.2) is 36.1 Å². The maximum atomic E-state index is 13.2. The number of nitrogens with zero attached hydrogens (tertiary/aromatic N) is 7. The molecule has 4 rings (SSSR count). The average molecular weight is 506 g/mol. The molecule has 3 aromatic rings. The number of anilines is 2. The van der Waals surface area contributed by atoms with E-state index in [-0.39, 0.29) is 18.4 Å². The van der Waals surface area contributed by atoms with E-state index in [1.807, 2.05) is 6.92 Å². The molecule has 11 heteroatoms. The molecule has 37 heavy (non-hydrogen) atoms. The Balaban J connectivity index is 1.76. The molecule has 3 N–H and O–H groups in total. The number of aliphatic imine (C=N–C) groups is 1. The third-order valence-electron chi connectivity index (χ3n) is 5.73. The van der Waals surface area contributed by atoms with Crippen molar-refractivity contribution in [3.63, 3.8) is 0 Å². The molecule has 0 saturated heterocycles. The van der Waals surface area contributed by atoms with E-state index in [4.69, 9.17) is 9.98 Å². The minimum Gasteiger partial charge on any atom is -0.389 e. The fourth-order valence-electron chi connectivity index (χ4n) is 3.77. The van der Waals surface area contributed by atoms with Crippen molar-refractivity contribution in [2.75, 3.05) is 11.9 Å². The summed E-state index contributed by atoms with van der Waals surface area (Å²) in [6.07, 6.45) is 11.0. The van der Waals surface area contributed by atoms with Crippen LogP contribution in [-0.4, -0.2) is 58.6 Å². The van der Waals surface area contributed by atoms with Gasteiger partial charge in [0.05, 0.1) is 47.5 Å². The quantitative estimate of drug-likeness (QED) is 0.334. The van der Waals surface area contributed by atoms with E-state index in [9.17, 15) is 9.90 Å². The number of carbonyl (C=O) groups excluding carboxylic acids is 1. The van der Waals surface area contributed by atoms with Gasteiger partial charge in [0.2, 0.25) is 0 Å². The van der Waals surface area contributed by atoms with Crippen LogP contribution in [0.1, 0.15) is 81.7 Å². The lowest BCUT2D eigenvalue weighted by Gasteiger charge is -2.18. The summed E-state index contributed by atoms with van der Waals surface area (Å²) in [5.41, 5.74) is 2.66. The summed E-state index contributed by atoms with van der Waals surface area (Å²) in [6, 6.07) is 0. The van der Waals surface area contributed by atoms with Crippen molar-refractivity contribution < 1.29 is 9.90 Å². The molecule has 3 heterocycles. The Kier molecular flexibility index (Phi) is 7.91. The van der Waals surface area contributed by atoms with Gasteiger partial charge < -0.3 is 15.7 Å². The van der Waals surface area contributed by atoms with Crippen LogP contribution in [0.4, 0.5) is 17.2 Å². The zero-order valence-corrected chi connectivity index (χ0v) is 22.1. The van der Waals surface area contributed by atoms with E-state index in [1.165, 1.54) is 6.33 Å². The lowest BCUT2D eigenvalue weighted by atomic mass is 10.1. The first-order valence-electron chi connectivity index (χ1n) is 12.7. The molecule has 1 aliphatic rings. The highest BCUT2D eigenvalue weighted by atomic mass is 16.3. The lowest BCUT2D eigenvalue weighted by Crippen LogP contribution is -2.39. The Morgan fingerprint density at radius 1 is 1.22 bits per heavy atom. The normalized spacial score (nSPS) is 14.2. The van der Waals surface area contributed by atoms with Gasteiger partial charge in [0.15, 0.2) is 11.5 Å². The van der Waals surface area contributed by atoms with Gasteiger partial charge in [-0.25, -0.2) is 24.9 Å². The van der Waals surface area contributed by atoms with Crippen molar-refractivity contribution in [3.05, 3.63) is 48.2 Å². The van der Waals surface area contributed by atoms with Crippen LogP contribution in [0.2, 0.25) is 0 Å². The number of nitrogens with one attached hydrogen (secondary N) is 2. The molecule has 3 aromatic heterocycles. The summed E-state index contributed by atoms with van der Waals surface area (Å²) in [4.78, 5) is 35.9. The maximum absolute atomic E-state index is 13.2. The van der Waals surface area contributed by atoms with E-state index in [2.05, 4.69) is 44.5 Å². The van der Waals surface area contributed by atoms with E-state index in [0.717, 1.165) is 18.5 Å². The standard InChI is InChI=1S/C26H35N9O2/c1-6-19(22-24(32-18-9-27-15-28-10-18)29-11-20(34-22)17-7-8-17)33-21-12-31-35(13-16(2)3)23(21)25(36)30-14-26(4,5)37/h9-12,15-17,37H,6-8,13-14H2,1-5H3,(H,29,32)(H,30,36). The van der Waals surface area contributed by atoms with E-state index in [1.54, 1.807) is 43.3 Å². The monoisotopic (exact) mass is 505 g/mol. The maximum Gasteiger partial charge on any atom is 0.271 e. The minimum absolute atomic E-state index is 0.102. The molecule has 0 aromatic carbocycles. The van der Waals surface area contributed by atoms with Gasteiger partial charge in [-0.15, -0.1) is 0 Å². The third kappa shape index (κ3) is 6.94. The van der Waals surface area contributed by atoms with Crippen LogP contribution in [-0.2, 0) is 6.54 Å². The van der Waals surface area contributed by atoms with Crippen LogP contribution in [0, 0.1) is 5.92 Å². The van der Waals surface area contributed by atoms with Gasteiger partial charge in [-0.3, -0.25) is 9.48 Å². The molecule has 0 radical (unpaired) electrons. The molecular weight excluding hydrogens is 470 g/mol. The Morgan fingerprint density at radius 2 is 1.95 bits per heavy atom.